The first-order chi connectivity index (χ1) is 9.40. The normalized spacial score (nSPS) is 20.0. The van der Waals surface area contributed by atoms with Gasteiger partial charge in [-0.15, -0.1) is 0 Å². The molecular formula is C12H16Cl2N2O3S. The molecule has 0 aromatic heterocycles. The van der Waals surface area contributed by atoms with Gasteiger partial charge in [-0.05, 0) is 31.4 Å². The molecule has 3 N–H and O–H groups in total. The van der Waals surface area contributed by atoms with E-state index in [1.165, 1.54) is 12.1 Å². The number of hydrogen-bond donors (Lipinski definition) is 2. The lowest BCUT2D eigenvalue weighted by Crippen LogP contribution is -2.35. The van der Waals surface area contributed by atoms with Crippen LogP contribution in [0.3, 0.4) is 0 Å². The average Bonchev–Trinajstić information content (AvgIpc) is 2.43. The van der Waals surface area contributed by atoms with Crippen LogP contribution in [0.4, 0.5) is 5.69 Å². The van der Waals surface area contributed by atoms with E-state index in [4.69, 9.17) is 33.7 Å². The maximum Gasteiger partial charge on any atom is 0.240 e. The van der Waals surface area contributed by atoms with Gasteiger partial charge in [0, 0.05) is 13.2 Å². The summed E-state index contributed by atoms with van der Waals surface area (Å²) in [6, 6.07) is 2.57. The number of sulfonamides is 1. The molecule has 1 unspecified atom stereocenters. The second kappa shape index (κ2) is 6.49. The fourth-order valence-corrected chi connectivity index (χ4v) is 3.71. The molecule has 1 fully saturated rings. The monoisotopic (exact) mass is 338 g/mol. The van der Waals surface area contributed by atoms with Crippen LogP contribution < -0.4 is 10.5 Å². The van der Waals surface area contributed by atoms with Crippen LogP contribution >= 0.6 is 23.2 Å². The Bertz CT molecular complexity index is 563. The molecule has 0 bridgehead atoms. The molecule has 112 valence electrons. The van der Waals surface area contributed by atoms with Gasteiger partial charge in [0.2, 0.25) is 10.0 Å². The van der Waals surface area contributed by atoms with Gasteiger partial charge < -0.3 is 10.5 Å². The molecule has 1 heterocycles. The maximum atomic E-state index is 12.2. The molecule has 5 nitrogen and oxygen atoms in total. The number of nitrogen functional groups attached to an aromatic ring is 1. The summed E-state index contributed by atoms with van der Waals surface area (Å²) >= 11 is 11.7. The molecule has 2 rings (SSSR count). The molecule has 0 aliphatic carbocycles. The van der Waals surface area contributed by atoms with Crippen molar-refractivity contribution in [2.45, 2.75) is 30.3 Å². The van der Waals surface area contributed by atoms with Gasteiger partial charge in [-0.2, -0.15) is 0 Å². The van der Waals surface area contributed by atoms with E-state index in [9.17, 15) is 8.42 Å². The Labute approximate surface area is 128 Å². The Morgan fingerprint density at radius 2 is 1.95 bits per heavy atom. The number of hydrogen-bond acceptors (Lipinski definition) is 4. The summed E-state index contributed by atoms with van der Waals surface area (Å²) < 4.78 is 32.3. The van der Waals surface area contributed by atoms with Crippen LogP contribution in [-0.4, -0.2) is 27.7 Å². The fraction of sp³-hybridized carbons (Fsp3) is 0.500. The van der Waals surface area contributed by atoms with Gasteiger partial charge in [0.25, 0.3) is 0 Å². The molecule has 20 heavy (non-hydrogen) atoms. The molecular weight excluding hydrogens is 323 g/mol. The highest BCUT2D eigenvalue weighted by Crippen LogP contribution is 2.30. The van der Waals surface area contributed by atoms with Gasteiger partial charge in [-0.1, -0.05) is 23.2 Å². The van der Waals surface area contributed by atoms with Crippen molar-refractivity contribution in [3.05, 3.63) is 22.2 Å². The minimum absolute atomic E-state index is 0.00231. The number of anilines is 1. The Hall–Kier alpha value is -0.530. The lowest BCUT2D eigenvalue weighted by atomic mass is 10.1. The molecule has 1 aliphatic heterocycles. The van der Waals surface area contributed by atoms with Crippen molar-refractivity contribution in [3.8, 4) is 0 Å². The van der Waals surface area contributed by atoms with Gasteiger partial charge in [0.15, 0.2) is 0 Å². The first kappa shape index (κ1) is 15.9. The third-order valence-electron chi connectivity index (χ3n) is 3.14. The molecule has 1 aromatic rings. The van der Waals surface area contributed by atoms with E-state index >= 15 is 0 Å². The van der Waals surface area contributed by atoms with Crippen molar-refractivity contribution < 1.29 is 13.2 Å². The quantitative estimate of drug-likeness (QED) is 0.826. The van der Waals surface area contributed by atoms with Gasteiger partial charge in [0.05, 0.1) is 26.7 Å². The summed E-state index contributed by atoms with van der Waals surface area (Å²) in [5, 5.41) is 0.235. The first-order valence-electron chi connectivity index (χ1n) is 6.26. The van der Waals surface area contributed by atoms with E-state index in [0.29, 0.717) is 6.61 Å². The summed E-state index contributed by atoms with van der Waals surface area (Å²) in [5.74, 6) is 0. The van der Waals surface area contributed by atoms with Crippen molar-refractivity contribution >= 4 is 38.9 Å². The van der Waals surface area contributed by atoms with Crippen LogP contribution in [-0.2, 0) is 14.8 Å². The van der Waals surface area contributed by atoms with E-state index in [-0.39, 0.29) is 33.3 Å². The lowest BCUT2D eigenvalue weighted by Gasteiger charge is -2.22. The van der Waals surface area contributed by atoms with Gasteiger partial charge in [0.1, 0.15) is 0 Å². The molecule has 1 aromatic carbocycles. The van der Waals surface area contributed by atoms with Crippen molar-refractivity contribution in [2.24, 2.45) is 0 Å². The largest absolute Gasteiger partial charge is 0.396 e. The number of halogens is 2. The molecule has 1 aliphatic rings. The summed E-state index contributed by atoms with van der Waals surface area (Å²) in [4.78, 5) is -0.00231. The molecule has 0 amide bonds. The number of nitrogens with two attached hydrogens (primary N) is 1. The van der Waals surface area contributed by atoms with Gasteiger partial charge in [-0.25, -0.2) is 13.1 Å². The van der Waals surface area contributed by atoms with Crippen LogP contribution in [0.2, 0.25) is 10.0 Å². The lowest BCUT2D eigenvalue weighted by molar-refractivity contribution is 0.0200. The summed E-state index contributed by atoms with van der Waals surface area (Å²) in [6.07, 6.45) is 2.84. The van der Waals surface area contributed by atoms with Crippen LogP contribution in [0, 0.1) is 0 Å². The Kier molecular flexibility index (Phi) is 5.14. The first-order valence-corrected chi connectivity index (χ1v) is 8.50. The van der Waals surface area contributed by atoms with E-state index < -0.39 is 10.0 Å². The molecule has 1 atom stereocenters. The predicted molar refractivity (Wildman–Crippen MR) is 79.7 cm³/mol. The third-order valence-corrected chi connectivity index (χ3v) is 5.17. The number of ether oxygens (including phenoxy) is 1. The highest BCUT2D eigenvalue weighted by atomic mass is 35.5. The smallest absolute Gasteiger partial charge is 0.240 e. The van der Waals surface area contributed by atoms with Crippen LogP contribution in [0.25, 0.3) is 0 Å². The topological polar surface area (TPSA) is 81.4 Å². The molecule has 0 saturated carbocycles. The second-order valence-electron chi connectivity index (χ2n) is 4.64. The Morgan fingerprint density at radius 1 is 1.30 bits per heavy atom. The zero-order chi connectivity index (χ0) is 14.8. The Balaban J connectivity index is 2.10. The zero-order valence-corrected chi connectivity index (χ0v) is 13.1. The summed E-state index contributed by atoms with van der Waals surface area (Å²) in [5.41, 5.74) is 5.76. The minimum Gasteiger partial charge on any atom is -0.396 e. The van der Waals surface area contributed by atoms with Crippen LogP contribution in [0.5, 0.6) is 0 Å². The Morgan fingerprint density at radius 3 is 2.50 bits per heavy atom. The summed E-state index contributed by atoms with van der Waals surface area (Å²) in [6.45, 7) is 0.911. The van der Waals surface area contributed by atoms with Crippen molar-refractivity contribution in [1.82, 2.24) is 4.72 Å². The minimum atomic E-state index is -3.68. The standard InChI is InChI=1S/C12H16Cl2N2O3S/c13-10-5-9(6-11(14)12(10)15)20(17,18)16-7-8-3-1-2-4-19-8/h5-6,8,16H,1-4,7,15H2. The summed E-state index contributed by atoms with van der Waals surface area (Å²) in [7, 11) is -3.68. The highest BCUT2D eigenvalue weighted by Gasteiger charge is 2.20. The third kappa shape index (κ3) is 3.77. The van der Waals surface area contributed by atoms with Crippen LogP contribution in [0.1, 0.15) is 19.3 Å². The van der Waals surface area contributed by atoms with E-state index in [1.54, 1.807) is 0 Å². The molecule has 0 spiro atoms. The van der Waals surface area contributed by atoms with E-state index in [2.05, 4.69) is 4.72 Å². The van der Waals surface area contributed by atoms with E-state index in [0.717, 1.165) is 19.3 Å². The highest BCUT2D eigenvalue weighted by molar-refractivity contribution is 7.89. The number of nitrogens with one attached hydrogen (secondary N) is 1. The second-order valence-corrected chi connectivity index (χ2v) is 7.22. The van der Waals surface area contributed by atoms with Crippen molar-refractivity contribution in [2.75, 3.05) is 18.9 Å². The fourth-order valence-electron chi connectivity index (χ4n) is 1.97. The number of rotatable bonds is 4. The van der Waals surface area contributed by atoms with Gasteiger partial charge >= 0.3 is 0 Å². The SMILES string of the molecule is Nc1c(Cl)cc(S(=O)(=O)NCC2CCCCO2)cc1Cl. The molecule has 8 heteroatoms. The molecule has 0 radical (unpaired) electrons. The average molecular weight is 339 g/mol. The van der Waals surface area contributed by atoms with E-state index in [1.807, 2.05) is 0 Å². The van der Waals surface area contributed by atoms with Crippen LogP contribution in [0.15, 0.2) is 17.0 Å². The molecule has 1 saturated heterocycles. The van der Waals surface area contributed by atoms with Gasteiger partial charge in [-0.3, -0.25) is 0 Å². The van der Waals surface area contributed by atoms with Crippen molar-refractivity contribution in [1.29, 1.82) is 0 Å². The zero-order valence-electron chi connectivity index (χ0n) is 10.7. The predicted octanol–water partition coefficient (Wildman–Crippen LogP) is 2.42. The maximum absolute atomic E-state index is 12.2. The van der Waals surface area contributed by atoms with Crippen molar-refractivity contribution in [3.63, 3.8) is 0 Å². The number of benzene rings is 1.